The largest absolute Gasteiger partial charge is 0.478 e. The van der Waals surface area contributed by atoms with Gasteiger partial charge in [0.2, 0.25) is 0 Å². The van der Waals surface area contributed by atoms with E-state index < -0.39 is 0 Å². The molecule has 1 saturated heterocycles. The maximum atomic E-state index is 12.5. The van der Waals surface area contributed by atoms with Crippen LogP contribution in [0.25, 0.3) is 0 Å². The topological polar surface area (TPSA) is 82.8 Å². The Morgan fingerprint density at radius 3 is 2.54 bits per heavy atom. The molecule has 1 aromatic rings. The third-order valence-electron chi connectivity index (χ3n) is 4.97. The number of benzene rings is 1. The van der Waals surface area contributed by atoms with Gasteiger partial charge in [-0.2, -0.15) is 15.4 Å². The maximum absolute atomic E-state index is 12.5. The van der Waals surface area contributed by atoms with Crippen LogP contribution >= 0.6 is 0 Å². The Labute approximate surface area is 139 Å². The van der Waals surface area contributed by atoms with E-state index in [1.807, 2.05) is 6.07 Å². The Morgan fingerprint density at radius 1 is 1.21 bits per heavy atom. The molecule has 6 nitrogen and oxygen atoms in total. The van der Waals surface area contributed by atoms with Crippen LogP contribution in [0.1, 0.15) is 12.0 Å². The van der Waals surface area contributed by atoms with Gasteiger partial charge in [-0.3, -0.25) is 9.59 Å². The van der Waals surface area contributed by atoms with Crippen LogP contribution in [0.5, 0.6) is 5.75 Å². The Kier molecular flexibility index (Phi) is 3.42. The minimum absolute atomic E-state index is 0.0778. The average Bonchev–Trinajstić information content (AvgIpc) is 3.27. The van der Waals surface area contributed by atoms with Gasteiger partial charge in [-0.1, -0.05) is 24.3 Å². The lowest BCUT2D eigenvalue weighted by Crippen LogP contribution is -2.28. The number of para-hydroxylation sites is 1. The summed E-state index contributed by atoms with van der Waals surface area (Å²) in [5.41, 5.74) is 0.617. The van der Waals surface area contributed by atoms with Crippen molar-refractivity contribution in [1.29, 1.82) is 5.26 Å². The first-order valence-electron chi connectivity index (χ1n) is 7.89. The minimum atomic E-state index is -0.255. The molecule has 3 aliphatic rings. The summed E-state index contributed by atoms with van der Waals surface area (Å²) in [5, 5.41) is 13.8. The Bertz CT molecular complexity index is 778. The van der Waals surface area contributed by atoms with Crippen LogP contribution in [0.15, 0.2) is 41.5 Å². The lowest BCUT2D eigenvalue weighted by Gasteiger charge is -2.13. The van der Waals surface area contributed by atoms with Gasteiger partial charge in [0.1, 0.15) is 11.8 Å². The van der Waals surface area contributed by atoms with Crippen molar-refractivity contribution in [2.75, 3.05) is 6.61 Å². The first-order chi connectivity index (χ1) is 11.7. The van der Waals surface area contributed by atoms with Crippen LogP contribution in [0, 0.1) is 35.0 Å². The Hall–Kier alpha value is -2.94. The third kappa shape index (κ3) is 2.13. The van der Waals surface area contributed by atoms with Crippen LogP contribution < -0.4 is 4.74 Å². The minimum Gasteiger partial charge on any atom is -0.478 e. The number of nitriles is 1. The lowest BCUT2D eigenvalue weighted by molar-refractivity contribution is -0.140. The molecule has 2 fully saturated rings. The molecule has 1 heterocycles. The van der Waals surface area contributed by atoms with E-state index in [1.54, 1.807) is 24.3 Å². The van der Waals surface area contributed by atoms with E-state index in [0.29, 0.717) is 11.3 Å². The number of hydrogen-bond acceptors (Lipinski definition) is 5. The van der Waals surface area contributed by atoms with Crippen molar-refractivity contribution in [3.63, 3.8) is 0 Å². The summed E-state index contributed by atoms with van der Waals surface area (Å²) < 4.78 is 5.32. The average molecular weight is 321 g/mol. The highest BCUT2D eigenvalue weighted by Crippen LogP contribution is 2.52. The number of fused-ring (bicyclic) bond motifs is 5. The van der Waals surface area contributed by atoms with Crippen molar-refractivity contribution < 1.29 is 14.3 Å². The fourth-order valence-electron chi connectivity index (χ4n) is 3.95. The maximum Gasteiger partial charge on any atom is 0.254 e. The summed E-state index contributed by atoms with van der Waals surface area (Å²) in [4.78, 5) is 25.1. The highest BCUT2D eigenvalue weighted by atomic mass is 16.5. The number of hydrazone groups is 1. The van der Waals surface area contributed by atoms with Crippen molar-refractivity contribution >= 4 is 18.0 Å². The molecule has 24 heavy (non-hydrogen) atoms. The SMILES string of the molecule is N#CCOc1ccccc1C=NN1C(=O)[C@@H]2[C@H](C1=O)[C@H]1C=C[C@H]2C1. The van der Waals surface area contributed by atoms with Crippen molar-refractivity contribution in [2.24, 2.45) is 28.8 Å². The number of imide groups is 1. The van der Waals surface area contributed by atoms with E-state index in [1.165, 1.54) is 6.21 Å². The number of nitrogens with zero attached hydrogens (tertiary/aromatic N) is 3. The molecule has 2 bridgehead atoms. The number of ether oxygens (including phenoxy) is 1. The van der Waals surface area contributed by atoms with Crippen LogP contribution in [-0.4, -0.2) is 29.6 Å². The van der Waals surface area contributed by atoms with Gasteiger partial charge in [0.25, 0.3) is 11.8 Å². The zero-order valence-corrected chi connectivity index (χ0v) is 12.8. The molecule has 0 unspecified atom stereocenters. The number of carbonyl (C=O) groups is 2. The summed E-state index contributed by atoms with van der Waals surface area (Å²) in [6, 6.07) is 8.96. The molecule has 1 aromatic carbocycles. The molecule has 0 spiro atoms. The molecule has 1 saturated carbocycles. The predicted octanol–water partition coefficient (Wildman–Crippen LogP) is 1.73. The number of hydrogen-bond donors (Lipinski definition) is 0. The molecule has 4 rings (SSSR count). The highest BCUT2D eigenvalue weighted by molar-refractivity contribution is 6.06. The van der Waals surface area contributed by atoms with E-state index in [0.717, 1.165) is 11.4 Å². The van der Waals surface area contributed by atoms with Crippen molar-refractivity contribution in [3.05, 3.63) is 42.0 Å². The first kappa shape index (κ1) is 14.6. The molecule has 2 amide bonds. The summed E-state index contributed by atoms with van der Waals surface area (Å²) in [6.45, 7) is -0.0778. The molecule has 1 aliphatic heterocycles. The molecular weight excluding hydrogens is 306 g/mol. The smallest absolute Gasteiger partial charge is 0.254 e. The predicted molar refractivity (Wildman–Crippen MR) is 84.7 cm³/mol. The van der Waals surface area contributed by atoms with E-state index in [2.05, 4.69) is 17.3 Å². The fourth-order valence-corrected chi connectivity index (χ4v) is 3.95. The fraction of sp³-hybridized carbons (Fsp3) is 0.333. The number of allylic oxidation sites excluding steroid dienone is 2. The second-order valence-electron chi connectivity index (χ2n) is 6.22. The highest BCUT2D eigenvalue weighted by Gasteiger charge is 2.59. The van der Waals surface area contributed by atoms with Gasteiger partial charge in [0, 0.05) is 5.56 Å². The molecule has 120 valence electrons. The Morgan fingerprint density at radius 2 is 1.88 bits per heavy atom. The van der Waals surface area contributed by atoms with Gasteiger partial charge < -0.3 is 4.74 Å². The molecule has 0 radical (unpaired) electrons. The van der Waals surface area contributed by atoms with Gasteiger partial charge in [-0.05, 0) is 30.4 Å². The number of carbonyl (C=O) groups excluding carboxylic acids is 2. The summed E-state index contributed by atoms with van der Waals surface area (Å²) >= 11 is 0. The van der Waals surface area contributed by atoms with Crippen molar-refractivity contribution in [3.8, 4) is 11.8 Å². The molecule has 4 atom stereocenters. The summed E-state index contributed by atoms with van der Waals surface area (Å²) in [6.07, 6.45) is 6.44. The normalized spacial score (nSPS) is 30.2. The van der Waals surface area contributed by atoms with Crippen molar-refractivity contribution in [1.82, 2.24) is 5.01 Å². The van der Waals surface area contributed by atoms with Gasteiger partial charge in [0.15, 0.2) is 6.61 Å². The number of rotatable bonds is 4. The van der Waals surface area contributed by atoms with Gasteiger partial charge in [-0.15, -0.1) is 0 Å². The van der Waals surface area contributed by atoms with E-state index in [4.69, 9.17) is 10.00 Å². The van der Waals surface area contributed by atoms with Crippen LogP contribution in [0.3, 0.4) is 0 Å². The quantitative estimate of drug-likeness (QED) is 0.480. The second kappa shape index (κ2) is 5.60. The van der Waals surface area contributed by atoms with Crippen LogP contribution in [0.4, 0.5) is 0 Å². The molecule has 2 aliphatic carbocycles. The zero-order chi connectivity index (χ0) is 16.7. The number of amides is 2. The molecule has 0 aromatic heterocycles. The molecular formula is C18H15N3O3. The van der Waals surface area contributed by atoms with E-state index in [-0.39, 0.29) is 42.1 Å². The monoisotopic (exact) mass is 321 g/mol. The zero-order valence-electron chi connectivity index (χ0n) is 12.8. The standard InChI is InChI=1S/C18H15N3O3/c19-7-8-24-14-4-2-1-3-13(14)10-20-21-17(22)15-11-5-6-12(9-11)16(15)18(21)23/h1-6,10-12,15-16H,8-9H2/t11-,12-,15-,16+/m0/s1. The van der Waals surface area contributed by atoms with Crippen LogP contribution in [0.2, 0.25) is 0 Å². The van der Waals surface area contributed by atoms with Crippen LogP contribution in [-0.2, 0) is 9.59 Å². The summed E-state index contributed by atoms with van der Waals surface area (Å²) in [5.74, 6) is -0.110. The first-order valence-corrected chi connectivity index (χ1v) is 7.89. The third-order valence-corrected chi connectivity index (χ3v) is 4.97. The van der Waals surface area contributed by atoms with Gasteiger partial charge in [-0.25, -0.2) is 0 Å². The van der Waals surface area contributed by atoms with Gasteiger partial charge in [0.05, 0.1) is 18.1 Å². The lowest BCUT2D eigenvalue weighted by atomic mass is 9.85. The van der Waals surface area contributed by atoms with Crippen molar-refractivity contribution in [2.45, 2.75) is 6.42 Å². The molecule has 0 N–H and O–H groups in total. The van der Waals surface area contributed by atoms with Gasteiger partial charge >= 0.3 is 0 Å². The van der Waals surface area contributed by atoms with E-state index >= 15 is 0 Å². The second-order valence-corrected chi connectivity index (χ2v) is 6.22. The Balaban J connectivity index is 1.57. The summed E-state index contributed by atoms with van der Waals surface area (Å²) in [7, 11) is 0. The van der Waals surface area contributed by atoms with E-state index in [9.17, 15) is 9.59 Å². The molecule has 6 heteroatoms.